The summed E-state index contributed by atoms with van der Waals surface area (Å²) in [5.41, 5.74) is 3.68. The molecule has 10 atom stereocenters. The summed E-state index contributed by atoms with van der Waals surface area (Å²) in [5.74, 6) is 1.59. The Labute approximate surface area is 510 Å². The molecule has 0 aromatic heterocycles. The number of hydrogen-bond donors (Lipinski definition) is 2. The molecule has 2 unspecified atom stereocenters. The van der Waals surface area contributed by atoms with Gasteiger partial charge in [0, 0.05) is 13.6 Å². The first-order chi connectivity index (χ1) is 34.0. The predicted molar refractivity (Wildman–Crippen MR) is 331 cm³/mol. The molecule has 10 nitrogen and oxygen atoms in total. The summed E-state index contributed by atoms with van der Waals surface area (Å²) in [6.45, 7) is 15.4. The molecule has 3 saturated carbocycles. The summed E-state index contributed by atoms with van der Waals surface area (Å²) in [6.07, 6.45) is 15.3. The van der Waals surface area contributed by atoms with Crippen molar-refractivity contribution in [2.75, 3.05) is 13.2 Å². The lowest BCUT2D eigenvalue weighted by Gasteiger charge is -2.58. The van der Waals surface area contributed by atoms with Crippen LogP contribution in [-0.4, -0.2) is 59.5 Å². The lowest BCUT2D eigenvalue weighted by atomic mass is 9.47. The van der Waals surface area contributed by atoms with E-state index in [4.69, 9.17) is 18.9 Å². The van der Waals surface area contributed by atoms with Gasteiger partial charge in [-0.15, -0.1) is 0 Å². The van der Waals surface area contributed by atoms with Crippen molar-refractivity contribution < 1.29 is 48.3 Å². The van der Waals surface area contributed by atoms with Gasteiger partial charge in [-0.3, -0.25) is 19.2 Å². The number of allylic oxidation sites excluding steroid dienone is 1. The number of aromatic hydroxyl groups is 2. The molecule has 6 rings (SSSR count). The van der Waals surface area contributed by atoms with Crippen LogP contribution in [0.25, 0.3) is 0 Å². The van der Waals surface area contributed by atoms with Crippen LogP contribution in [0.1, 0.15) is 156 Å². The second-order valence-electron chi connectivity index (χ2n) is 22.1. The van der Waals surface area contributed by atoms with E-state index in [-0.39, 0.29) is 49.1 Å². The normalized spacial score (nSPS) is 26.3. The van der Waals surface area contributed by atoms with Crippen molar-refractivity contribution in [1.82, 2.24) is 0 Å². The number of ether oxygens (including phenoxy) is 4. The van der Waals surface area contributed by atoms with E-state index in [0.29, 0.717) is 44.2 Å². The largest absolute Gasteiger partial charge is 0.506 e. The second-order valence-corrected chi connectivity index (χ2v) is 28.9. The highest BCUT2D eigenvalue weighted by atomic mass is 127. The van der Waals surface area contributed by atoms with Crippen LogP contribution in [0.2, 0.25) is 0 Å². The van der Waals surface area contributed by atoms with Crippen molar-refractivity contribution in [2.24, 2.45) is 58.2 Å². The zero-order valence-electron chi connectivity index (χ0n) is 42.9. The lowest BCUT2D eigenvalue weighted by Crippen LogP contribution is -2.51. The maximum absolute atomic E-state index is 13.6. The van der Waals surface area contributed by atoms with Crippen LogP contribution in [0.4, 0.5) is 0 Å². The number of halogens is 6. The Balaban J connectivity index is 1.05. The minimum Gasteiger partial charge on any atom is -0.506 e. The van der Waals surface area contributed by atoms with Gasteiger partial charge in [0.2, 0.25) is 0 Å². The summed E-state index contributed by atoms with van der Waals surface area (Å²) in [4.78, 5) is 54.2. The zero-order chi connectivity index (χ0) is 52.8. The van der Waals surface area contributed by atoms with Gasteiger partial charge >= 0.3 is 23.9 Å². The molecule has 0 spiro atoms. The maximum Gasteiger partial charge on any atom is 0.309 e. The van der Waals surface area contributed by atoms with E-state index in [0.717, 1.165) is 80.7 Å². The molecule has 2 aromatic rings. The lowest BCUT2D eigenvalue weighted by molar-refractivity contribution is -0.170. The molecular weight excluding hydrogens is 1590 g/mol. The van der Waals surface area contributed by atoms with Gasteiger partial charge in [-0.25, -0.2) is 0 Å². The van der Waals surface area contributed by atoms with Gasteiger partial charge < -0.3 is 29.2 Å². The van der Waals surface area contributed by atoms with Crippen LogP contribution in [0, 0.1) is 79.6 Å². The molecule has 72 heavy (non-hydrogen) atoms. The van der Waals surface area contributed by atoms with Crippen LogP contribution >= 0.6 is 136 Å². The van der Waals surface area contributed by atoms with Crippen molar-refractivity contribution in [1.29, 1.82) is 0 Å². The molecule has 0 heterocycles. The Morgan fingerprint density at radius 3 is 1.81 bits per heavy atom. The average molecular weight is 1670 g/mol. The first-order valence-corrected chi connectivity index (χ1v) is 32.6. The summed E-state index contributed by atoms with van der Waals surface area (Å²) in [6, 6.07) is 3.74. The molecule has 0 aliphatic heterocycles. The third-order valence-corrected chi connectivity index (χ3v) is 23.1. The highest BCUT2D eigenvalue weighted by molar-refractivity contribution is 14.1. The summed E-state index contributed by atoms with van der Waals surface area (Å²) in [7, 11) is 0. The van der Waals surface area contributed by atoms with Crippen LogP contribution in [0.5, 0.6) is 11.5 Å². The molecular formula is C56H74I6O10. The Morgan fingerprint density at radius 1 is 0.708 bits per heavy atom. The van der Waals surface area contributed by atoms with Gasteiger partial charge in [-0.05, 0) is 276 Å². The van der Waals surface area contributed by atoms with Crippen LogP contribution < -0.4 is 0 Å². The fraction of sp³-hybridized carbons (Fsp3) is 0.679. The number of rotatable bonds is 22. The van der Waals surface area contributed by atoms with Gasteiger partial charge in [0.1, 0.15) is 30.8 Å². The molecule has 0 radical (unpaired) electrons. The number of phenols is 2. The zero-order valence-corrected chi connectivity index (χ0v) is 55.8. The molecule has 400 valence electrons. The topological polar surface area (TPSA) is 146 Å². The second kappa shape index (κ2) is 27.3. The molecule has 2 N–H and O–H groups in total. The molecule has 0 amide bonds. The van der Waals surface area contributed by atoms with E-state index in [2.05, 4.69) is 176 Å². The van der Waals surface area contributed by atoms with Gasteiger partial charge in [0.25, 0.3) is 0 Å². The minimum absolute atomic E-state index is 0.120. The van der Waals surface area contributed by atoms with Gasteiger partial charge in [0.15, 0.2) is 6.10 Å². The highest BCUT2D eigenvalue weighted by Gasteiger charge is 2.59. The summed E-state index contributed by atoms with van der Waals surface area (Å²) >= 11 is 12.8. The summed E-state index contributed by atoms with van der Waals surface area (Å²) in [5, 5.41) is 21.3. The molecule has 16 heteroatoms. The number of benzene rings is 2. The average Bonchev–Trinajstić information content (AvgIpc) is 3.70. The predicted octanol–water partition coefficient (Wildman–Crippen LogP) is 15.3. The van der Waals surface area contributed by atoms with E-state index in [1.165, 1.54) is 50.5 Å². The van der Waals surface area contributed by atoms with E-state index in [1.807, 2.05) is 26.0 Å². The number of carbonyl (C=O) groups is 4. The maximum atomic E-state index is 13.6. The standard InChI is InChI=1S/C56H74I6O10/c1-8-32(23-38-43(57)26-45(59)51(65)49(38)61)53(67)69-28-36(29-70-54(68)33(9-2)24-39-44(58)27-46(60)52(66)50(39)62)72-48(64)18-17-47(63)71-35-19-21-55(6)34(25-35)13-14-37-41-16-15-40(31(5)12-10-11-30(3)4)56(41,7)22-20-42(37)55/h13,26-27,30-33,35-37,40-42,65-66H,8-12,14-25,28-29H2,1-7H3/t31-,32?,33?,35+,36?,37+,40-,41+,42+,55+,56-/m1/s1. The molecule has 2 aromatic carbocycles. The van der Waals surface area contributed by atoms with Crippen LogP contribution in [0.15, 0.2) is 23.8 Å². The van der Waals surface area contributed by atoms with Gasteiger partial charge in [-0.1, -0.05) is 79.4 Å². The molecule has 4 aliphatic carbocycles. The molecule has 3 fully saturated rings. The molecule has 4 aliphatic rings. The monoisotopic (exact) mass is 1670 g/mol. The van der Waals surface area contributed by atoms with Crippen molar-refractivity contribution in [3.05, 3.63) is 56.3 Å². The Bertz CT molecular complexity index is 2230. The summed E-state index contributed by atoms with van der Waals surface area (Å²) < 4.78 is 28.1. The van der Waals surface area contributed by atoms with Crippen LogP contribution in [0.3, 0.4) is 0 Å². The van der Waals surface area contributed by atoms with Gasteiger partial charge in [-0.2, -0.15) is 0 Å². The van der Waals surface area contributed by atoms with Crippen molar-refractivity contribution >= 4 is 159 Å². The van der Waals surface area contributed by atoms with Crippen molar-refractivity contribution in [3.8, 4) is 11.5 Å². The number of carbonyl (C=O) groups excluding carboxylic acids is 4. The first-order valence-electron chi connectivity index (χ1n) is 26.1. The highest BCUT2D eigenvalue weighted by Crippen LogP contribution is 2.67. The van der Waals surface area contributed by atoms with E-state index in [1.54, 1.807) is 0 Å². The fourth-order valence-electron chi connectivity index (χ4n) is 13.0. The van der Waals surface area contributed by atoms with Gasteiger partial charge in [0.05, 0.1) is 39.0 Å². The van der Waals surface area contributed by atoms with Crippen LogP contribution in [-0.2, 0) is 51.0 Å². The number of fused-ring (bicyclic) bond motifs is 5. The quantitative estimate of drug-likeness (QED) is 0.0506. The van der Waals surface area contributed by atoms with Crippen molar-refractivity contribution in [2.45, 2.75) is 170 Å². The number of phenolic OH excluding ortho intramolecular Hbond substituents is 2. The molecule has 0 bridgehead atoms. The van der Waals surface area contributed by atoms with E-state index in [9.17, 15) is 29.4 Å². The van der Waals surface area contributed by atoms with E-state index < -0.39 is 41.8 Å². The number of hydrogen-bond acceptors (Lipinski definition) is 10. The van der Waals surface area contributed by atoms with Crippen molar-refractivity contribution in [3.63, 3.8) is 0 Å². The minimum atomic E-state index is -1.13. The fourth-order valence-corrected chi connectivity index (χ4v) is 20.7. The Morgan fingerprint density at radius 2 is 1.26 bits per heavy atom. The Kier molecular flexibility index (Phi) is 23.2. The third kappa shape index (κ3) is 14.6. The molecule has 0 saturated heterocycles. The third-order valence-electron chi connectivity index (χ3n) is 17.2. The Hall–Kier alpha value is 0.0400. The first kappa shape index (κ1) is 61.3. The number of esters is 4. The SMILES string of the molecule is CCC(Cc1c(I)cc(I)c(O)c1I)C(=O)OCC(COC(=O)C(CC)Cc1c(I)cc(I)c(O)c1I)OC(=O)CCC(=O)O[C@H]1CC[C@@]2(C)C(=CC[C@H]3[C@@H]4CC[C@H]([C@H](C)CCCC(C)C)[C@@]4(C)CC[C@@H]32)C1. The van der Waals surface area contributed by atoms with E-state index >= 15 is 0 Å². The smallest absolute Gasteiger partial charge is 0.309 e.